The van der Waals surface area contributed by atoms with Crippen LogP contribution in [-0.2, 0) is 10.0 Å². The lowest BCUT2D eigenvalue weighted by Gasteiger charge is -2.33. The minimum Gasteiger partial charge on any atom is -0.497 e. The minimum absolute atomic E-state index is 0.112. The Labute approximate surface area is 143 Å². The number of piperidine rings is 1. The Morgan fingerprint density at radius 3 is 2.71 bits per heavy atom. The molecule has 0 bridgehead atoms. The number of hydrogen-bond acceptors (Lipinski definition) is 5. The summed E-state index contributed by atoms with van der Waals surface area (Å²) in [5.41, 5.74) is 0.482. The van der Waals surface area contributed by atoms with E-state index in [-0.39, 0.29) is 11.8 Å². The second-order valence-electron chi connectivity index (χ2n) is 5.95. The summed E-state index contributed by atoms with van der Waals surface area (Å²) in [5, 5.41) is 0. The quantitative estimate of drug-likeness (QED) is 0.825. The molecular weight excluding hydrogens is 332 g/mol. The maximum Gasteiger partial charge on any atom is 0.257 e. The maximum atomic E-state index is 12.8. The van der Waals surface area contributed by atoms with Crippen LogP contribution in [0.2, 0.25) is 0 Å². The standard InChI is InChI=1S/C16H24N2O5S/c1-22-13-6-7-14(15(9-13)23-2)16(19)18-8-4-5-12(11-18)10-17-24(3,20)21/h6-7,9,12,17H,4-5,8,10-11H2,1-3H3/t12-/m1/s1. The Morgan fingerprint density at radius 1 is 1.33 bits per heavy atom. The summed E-state index contributed by atoms with van der Waals surface area (Å²) in [6, 6.07) is 5.10. The Balaban J connectivity index is 2.09. The number of amides is 1. The van der Waals surface area contributed by atoms with Crippen molar-refractivity contribution < 1.29 is 22.7 Å². The number of nitrogens with zero attached hydrogens (tertiary/aromatic N) is 1. The van der Waals surface area contributed by atoms with Crippen LogP contribution in [0.4, 0.5) is 0 Å². The van der Waals surface area contributed by atoms with Crippen molar-refractivity contribution >= 4 is 15.9 Å². The highest BCUT2D eigenvalue weighted by molar-refractivity contribution is 7.88. The molecular formula is C16H24N2O5S. The first kappa shape index (κ1) is 18.5. The largest absolute Gasteiger partial charge is 0.497 e. The molecule has 0 unspecified atom stereocenters. The first-order chi connectivity index (χ1) is 11.3. The van der Waals surface area contributed by atoms with E-state index in [0.29, 0.717) is 36.7 Å². The Bertz CT molecular complexity index is 690. The lowest BCUT2D eigenvalue weighted by atomic mass is 9.97. The number of ether oxygens (including phenoxy) is 2. The normalized spacial score (nSPS) is 18.3. The summed E-state index contributed by atoms with van der Waals surface area (Å²) in [4.78, 5) is 14.5. The predicted octanol–water partition coefficient (Wildman–Crippen LogP) is 1.11. The molecule has 1 atom stereocenters. The summed E-state index contributed by atoms with van der Waals surface area (Å²) in [7, 11) is -0.149. The van der Waals surface area contributed by atoms with Crippen molar-refractivity contribution in [2.45, 2.75) is 12.8 Å². The van der Waals surface area contributed by atoms with Crippen molar-refractivity contribution in [2.24, 2.45) is 5.92 Å². The highest BCUT2D eigenvalue weighted by Gasteiger charge is 2.26. The van der Waals surface area contributed by atoms with Gasteiger partial charge in [-0.2, -0.15) is 0 Å². The van der Waals surface area contributed by atoms with E-state index in [2.05, 4.69) is 4.72 Å². The third-order valence-electron chi connectivity index (χ3n) is 4.08. The van der Waals surface area contributed by atoms with Gasteiger partial charge in [-0.15, -0.1) is 0 Å². The molecule has 1 aliphatic heterocycles. The molecule has 134 valence electrons. The van der Waals surface area contributed by atoms with Gasteiger partial charge in [-0.25, -0.2) is 13.1 Å². The van der Waals surface area contributed by atoms with E-state index in [9.17, 15) is 13.2 Å². The molecule has 8 heteroatoms. The van der Waals surface area contributed by atoms with Crippen molar-refractivity contribution in [3.63, 3.8) is 0 Å². The zero-order valence-electron chi connectivity index (χ0n) is 14.2. The Kier molecular flexibility index (Phi) is 6.06. The van der Waals surface area contributed by atoms with Gasteiger partial charge in [0.2, 0.25) is 10.0 Å². The van der Waals surface area contributed by atoms with Crippen LogP contribution in [0.25, 0.3) is 0 Å². The number of carbonyl (C=O) groups excluding carboxylic acids is 1. The number of benzene rings is 1. The number of likely N-dealkylation sites (tertiary alicyclic amines) is 1. The Morgan fingerprint density at radius 2 is 2.08 bits per heavy atom. The van der Waals surface area contributed by atoms with E-state index >= 15 is 0 Å². The van der Waals surface area contributed by atoms with Crippen LogP contribution in [0.1, 0.15) is 23.2 Å². The van der Waals surface area contributed by atoms with Gasteiger partial charge in [0.25, 0.3) is 5.91 Å². The van der Waals surface area contributed by atoms with Crippen LogP contribution in [0.3, 0.4) is 0 Å². The lowest BCUT2D eigenvalue weighted by molar-refractivity contribution is 0.0673. The van der Waals surface area contributed by atoms with Gasteiger partial charge in [0.15, 0.2) is 0 Å². The number of rotatable bonds is 6. The average Bonchev–Trinajstić information content (AvgIpc) is 2.58. The number of sulfonamides is 1. The molecule has 0 aromatic heterocycles. The van der Waals surface area contributed by atoms with Crippen LogP contribution < -0.4 is 14.2 Å². The molecule has 24 heavy (non-hydrogen) atoms. The molecule has 0 saturated carbocycles. The molecule has 7 nitrogen and oxygen atoms in total. The first-order valence-corrected chi connectivity index (χ1v) is 9.69. The van der Waals surface area contributed by atoms with E-state index in [1.165, 1.54) is 7.11 Å². The van der Waals surface area contributed by atoms with Crippen molar-refractivity contribution in [3.8, 4) is 11.5 Å². The first-order valence-electron chi connectivity index (χ1n) is 7.80. The smallest absolute Gasteiger partial charge is 0.257 e. The number of nitrogens with one attached hydrogen (secondary N) is 1. The van der Waals surface area contributed by atoms with Crippen LogP contribution >= 0.6 is 0 Å². The number of carbonyl (C=O) groups is 1. The van der Waals surface area contributed by atoms with Gasteiger partial charge in [-0.05, 0) is 30.9 Å². The molecule has 1 heterocycles. The van der Waals surface area contributed by atoms with E-state index in [4.69, 9.17) is 9.47 Å². The van der Waals surface area contributed by atoms with Gasteiger partial charge in [0.1, 0.15) is 11.5 Å². The highest BCUT2D eigenvalue weighted by atomic mass is 32.2. The molecule has 0 aliphatic carbocycles. The fourth-order valence-corrected chi connectivity index (χ4v) is 3.37. The van der Waals surface area contributed by atoms with Crippen molar-refractivity contribution in [1.82, 2.24) is 9.62 Å². The Hall–Kier alpha value is -1.80. The van der Waals surface area contributed by atoms with Gasteiger partial charge < -0.3 is 14.4 Å². The summed E-state index contributed by atoms with van der Waals surface area (Å²) in [6.07, 6.45) is 2.88. The topological polar surface area (TPSA) is 84.9 Å². The van der Waals surface area contributed by atoms with Gasteiger partial charge >= 0.3 is 0 Å². The van der Waals surface area contributed by atoms with Crippen molar-refractivity contribution in [1.29, 1.82) is 0 Å². The van der Waals surface area contributed by atoms with Crippen molar-refractivity contribution in [3.05, 3.63) is 23.8 Å². The summed E-state index contributed by atoms with van der Waals surface area (Å²) in [5.74, 6) is 1.09. The van der Waals surface area contributed by atoms with Crippen LogP contribution in [0.15, 0.2) is 18.2 Å². The molecule has 1 fully saturated rings. The van der Waals surface area contributed by atoms with E-state index in [1.54, 1.807) is 30.2 Å². The third-order valence-corrected chi connectivity index (χ3v) is 4.77. The monoisotopic (exact) mass is 356 g/mol. The van der Waals surface area contributed by atoms with Crippen molar-refractivity contribution in [2.75, 3.05) is 40.1 Å². The molecule has 1 aliphatic rings. The highest BCUT2D eigenvalue weighted by Crippen LogP contribution is 2.27. The molecule has 1 saturated heterocycles. The second-order valence-corrected chi connectivity index (χ2v) is 7.78. The second kappa shape index (κ2) is 7.85. The minimum atomic E-state index is -3.22. The SMILES string of the molecule is COc1ccc(C(=O)N2CCC[C@H](CNS(C)(=O)=O)C2)c(OC)c1. The number of hydrogen-bond donors (Lipinski definition) is 1. The number of methoxy groups -OCH3 is 2. The molecule has 1 N–H and O–H groups in total. The fourth-order valence-electron chi connectivity index (χ4n) is 2.83. The molecule has 0 radical (unpaired) electrons. The van der Waals surface area contributed by atoms with E-state index < -0.39 is 10.0 Å². The summed E-state index contributed by atoms with van der Waals surface area (Å²) in [6.45, 7) is 1.53. The maximum absolute atomic E-state index is 12.8. The third kappa shape index (κ3) is 4.85. The molecule has 2 rings (SSSR count). The van der Waals surface area contributed by atoms with Gasteiger partial charge in [0, 0.05) is 25.7 Å². The molecule has 1 aromatic rings. The zero-order valence-corrected chi connectivity index (χ0v) is 15.1. The predicted molar refractivity (Wildman–Crippen MR) is 91.0 cm³/mol. The van der Waals surface area contributed by atoms with Crippen LogP contribution in [-0.4, -0.2) is 59.3 Å². The lowest BCUT2D eigenvalue weighted by Crippen LogP contribution is -2.43. The van der Waals surface area contributed by atoms with E-state index in [0.717, 1.165) is 19.1 Å². The molecule has 1 aromatic carbocycles. The van der Waals surface area contributed by atoms with Gasteiger partial charge in [0.05, 0.1) is 26.0 Å². The van der Waals surface area contributed by atoms with Crippen LogP contribution in [0, 0.1) is 5.92 Å². The van der Waals surface area contributed by atoms with Gasteiger partial charge in [-0.3, -0.25) is 4.79 Å². The van der Waals surface area contributed by atoms with Crippen LogP contribution in [0.5, 0.6) is 11.5 Å². The zero-order chi connectivity index (χ0) is 17.7. The summed E-state index contributed by atoms with van der Waals surface area (Å²) >= 11 is 0. The molecule has 1 amide bonds. The van der Waals surface area contributed by atoms with E-state index in [1.807, 2.05) is 0 Å². The van der Waals surface area contributed by atoms with Gasteiger partial charge in [-0.1, -0.05) is 0 Å². The average molecular weight is 356 g/mol. The summed E-state index contributed by atoms with van der Waals surface area (Å²) < 4.78 is 35.4. The molecule has 0 spiro atoms. The fraction of sp³-hybridized carbons (Fsp3) is 0.562.